The van der Waals surface area contributed by atoms with E-state index in [1.54, 1.807) is 6.92 Å². The van der Waals surface area contributed by atoms with E-state index in [0.717, 1.165) is 10.9 Å². The molecule has 1 aromatic heterocycles. The van der Waals surface area contributed by atoms with Gasteiger partial charge in [0.05, 0.1) is 5.52 Å². The lowest BCUT2D eigenvalue weighted by atomic mass is 10.0. The molecule has 3 N–H and O–H groups in total. The fourth-order valence-electron chi connectivity index (χ4n) is 1.88. The van der Waals surface area contributed by atoms with Crippen LogP contribution >= 0.6 is 0 Å². The first kappa shape index (κ1) is 11.8. The molecule has 0 bridgehead atoms. The topological polar surface area (TPSA) is 50.9 Å². The number of hydrazine groups is 1. The van der Waals surface area contributed by atoms with Gasteiger partial charge in [-0.05, 0) is 36.1 Å². The van der Waals surface area contributed by atoms with E-state index in [2.05, 4.69) is 24.3 Å². The van der Waals surface area contributed by atoms with Gasteiger partial charge in [0.2, 0.25) is 0 Å². The Hall–Kier alpha value is -1.68. The van der Waals surface area contributed by atoms with Crippen molar-refractivity contribution in [2.45, 2.75) is 26.7 Å². The second-order valence-corrected chi connectivity index (χ2v) is 4.52. The van der Waals surface area contributed by atoms with Crippen LogP contribution in [-0.4, -0.2) is 4.98 Å². The number of halogens is 1. The number of aromatic nitrogens is 1. The fraction of sp³-hybridized carbons (Fsp3) is 0.308. The number of nitrogens with zero attached hydrogens (tertiary/aromatic N) is 1. The molecule has 0 aliphatic carbocycles. The first-order valence-corrected chi connectivity index (χ1v) is 5.60. The Morgan fingerprint density at radius 3 is 2.59 bits per heavy atom. The Labute approximate surface area is 99.8 Å². The number of pyridine rings is 1. The van der Waals surface area contributed by atoms with E-state index < -0.39 is 0 Å². The van der Waals surface area contributed by atoms with Crippen LogP contribution in [0.1, 0.15) is 30.9 Å². The van der Waals surface area contributed by atoms with Gasteiger partial charge < -0.3 is 5.43 Å². The predicted molar refractivity (Wildman–Crippen MR) is 68.3 cm³/mol. The Kier molecular flexibility index (Phi) is 2.98. The molecule has 0 spiro atoms. The van der Waals surface area contributed by atoms with Crippen LogP contribution in [-0.2, 0) is 0 Å². The minimum atomic E-state index is -0.245. The summed E-state index contributed by atoms with van der Waals surface area (Å²) in [5, 5.41) is 0.937. The quantitative estimate of drug-likeness (QED) is 0.619. The molecule has 0 saturated carbocycles. The maximum atomic E-state index is 13.5. The fourth-order valence-corrected chi connectivity index (χ4v) is 1.88. The van der Waals surface area contributed by atoms with Crippen molar-refractivity contribution in [3.8, 4) is 0 Å². The van der Waals surface area contributed by atoms with E-state index in [9.17, 15) is 4.39 Å². The molecule has 0 radical (unpaired) electrons. The molecule has 0 unspecified atom stereocenters. The van der Waals surface area contributed by atoms with E-state index in [1.165, 1.54) is 6.07 Å². The number of benzene rings is 1. The summed E-state index contributed by atoms with van der Waals surface area (Å²) >= 11 is 0. The molecule has 0 atom stereocenters. The number of rotatable bonds is 2. The lowest BCUT2D eigenvalue weighted by Crippen LogP contribution is -2.12. The minimum absolute atomic E-state index is 0.245. The van der Waals surface area contributed by atoms with Crippen LogP contribution in [0.4, 0.5) is 10.2 Å². The van der Waals surface area contributed by atoms with Gasteiger partial charge in [0, 0.05) is 11.5 Å². The number of anilines is 1. The van der Waals surface area contributed by atoms with E-state index in [4.69, 9.17) is 5.84 Å². The lowest BCUT2D eigenvalue weighted by Gasteiger charge is -2.13. The average Bonchev–Trinajstić information content (AvgIpc) is 2.29. The number of hydrogen-bond donors (Lipinski definition) is 2. The number of hydrogen-bond acceptors (Lipinski definition) is 3. The maximum absolute atomic E-state index is 13.5. The van der Waals surface area contributed by atoms with Crippen molar-refractivity contribution < 1.29 is 4.39 Å². The van der Waals surface area contributed by atoms with Gasteiger partial charge in [-0.15, -0.1) is 0 Å². The zero-order chi connectivity index (χ0) is 12.6. The SMILES string of the molecule is Cc1cc2cc(C(C)C)c(NN)nc2cc1F. The van der Waals surface area contributed by atoms with Crippen molar-refractivity contribution in [2.24, 2.45) is 5.84 Å². The monoisotopic (exact) mass is 233 g/mol. The number of nitrogen functional groups attached to an aromatic ring is 1. The first-order valence-electron chi connectivity index (χ1n) is 5.60. The van der Waals surface area contributed by atoms with Crippen LogP contribution in [0.15, 0.2) is 18.2 Å². The molecule has 2 rings (SSSR count). The summed E-state index contributed by atoms with van der Waals surface area (Å²) in [5.74, 6) is 6.11. The normalized spacial score (nSPS) is 11.2. The van der Waals surface area contributed by atoms with Crippen molar-refractivity contribution in [3.05, 3.63) is 35.1 Å². The van der Waals surface area contributed by atoms with Crippen molar-refractivity contribution in [3.63, 3.8) is 0 Å². The number of nitrogens with one attached hydrogen (secondary N) is 1. The molecule has 1 heterocycles. The zero-order valence-electron chi connectivity index (χ0n) is 10.2. The van der Waals surface area contributed by atoms with Crippen molar-refractivity contribution >= 4 is 16.7 Å². The van der Waals surface area contributed by atoms with Crippen LogP contribution in [0, 0.1) is 12.7 Å². The van der Waals surface area contributed by atoms with Gasteiger partial charge in [0.1, 0.15) is 11.6 Å². The third kappa shape index (κ3) is 2.08. The second kappa shape index (κ2) is 4.30. The largest absolute Gasteiger partial charge is 0.308 e. The highest BCUT2D eigenvalue weighted by Gasteiger charge is 2.10. The molecule has 17 heavy (non-hydrogen) atoms. The smallest absolute Gasteiger partial charge is 0.144 e. The molecular weight excluding hydrogens is 217 g/mol. The molecule has 4 heteroatoms. The summed E-state index contributed by atoms with van der Waals surface area (Å²) in [6, 6.07) is 5.26. The molecule has 0 aliphatic heterocycles. The Balaban J connectivity index is 2.74. The minimum Gasteiger partial charge on any atom is -0.308 e. The molecule has 0 fully saturated rings. The highest BCUT2D eigenvalue weighted by molar-refractivity contribution is 5.82. The molecule has 0 amide bonds. The van der Waals surface area contributed by atoms with E-state index >= 15 is 0 Å². The van der Waals surface area contributed by atoms with Gasteiger partial charge in [0.15, 0.2) is 0 Å². The molecule has 2 aromatic rings. The van der Waals surface area contributed by atoms with Crippen LogP contribution in [0.5, 0.6) is 0 Å². The summed E-state index contributed by atoms with van der Waals surface area (Å²) in [6.45, 7) is 5.89. The molecular formula is C13H16FN3. The van der Waals surface area contributed by atoms with Crippen LogP contribution in [0.3, 0.4) is 0 Å². The van der Waals surface area contributed by atoms with E-state index in [0.29, 0.717) is 22.8 Å². The van der Waals surface area contributed by atoms with Crippen molar-refractivity contribution in [1.29, 1.82) is 0 Å². The first-order chi connectivity index (χ1) is 8.02. The lowest BCUT2D eigenvalue weighted by molar-refractivity contribution is 0.620. The number of aryl methyl sites for hydroxylation is 1. The Bertz CT molecular complexity index is 564. The van der Waals surface area contributed by atoms with Gasteiger partial charge in [0.25, 0.3) is 0 Å². The van der Waals surface area contributed by atoms with Crippen molar-refractivity contribution in [2.75, 3.05) is 5.43 Å². The van der Waals surface area contributed by atoms with Gasteiger partial charge in [-0.2, -0.15) is 0 Å². The third-order valence-electron chi connectivity index (χ3n) is 2.88. The van der Waals surface area contributed by atoms with E-state index in [-0.39, 0.29) is 5.82 Å². The van der Waals surface area contributed by atoms with Crippen LogP contribution < -0.4 is 11.3 Å². The van der Waals surface area contributed by atoms with Gasteiger partial charge in [-0.25, -0.2) is 15.2 Å². The Morgan fingerprint density at radius 2 is 2.00 bits per heavy atom. The summed E-state index contributed by atoms with van der Waals surface area (Å²) in [4.78, 5) is 4.34. The van der Waals surface area contributed by atoms with Crippen LogP contribution in [0.25, 0.3) is 10.9 Å². The van der Waals surface area contributed by atoms with Crippen LogP contribution in [0.2, 0.25) is 0 Å². The predicted octanol–water partition coefficient (Wildman–Crippen LogP) is 3.09. The second-order valence-electron chi connectivity index (χ2n) is 4.52. The molecule has 0 saturated heterocycles. The summed E-state index contributed by atoms with van der Waals surface area (Å²) < 4.78 is 13.5. The summed E-state index contributed by atoms with van der Waals surface area (Å²) in [6.07, 6.45) is 0. The average molecular weight is 233 g/mol. The summed E-state index contributed by atoms with van der Waals surface area (Å²) in [7, 11) is 0. The third-order valence-corrected chi connectivity index (χ3v) is 2.88. The van der Waals surface area contributed by atoms with Gasteiger partial charge in [-0.1, -0.05) is 13.8 Å². The highest BCUT2D eigenvalue weighted by atomic mass is 19.1. The maximum Gasteiger partial charge on any atom is 0.144 e. The number of fused-ring (bicyclic) bond motifs is 1. The molecule has 1 aromatic carbocycles. The molecule has 3 nitrogen and oxygen atoms in total. The standard InChI is InChI=1S/C13H16FN3/c1-7(2)10-5-9-4-8(3)11(14)6-12(9)16-13(10)17-15/h4-7H,15H2,1-3H3,(H,16,17). The van der Waals surface area contributed by atoms with Gasteiger partial charge in [-0.3, -0.25) is 0 Å². The zero-order valence-corrected chi connectivity index (χ0v) is 10.2. The van der Waals surface area contributed by atoms with E-state index in [1.807, 2.05) is 12.1 Å². The summed E-state index contributed by atoms with van der Waals surface area (Å²) in [5.41, 5.74) is 4.85. The molecule has 90 valence electrons. The Morgan fingerprint density at radius 1 is 1.29 bits per heavy atom. The highest BCUT2D eigenvalue weighted by Crippen LogP contribution is 2.27. The van der Waals surface area contributed by atoms with Crippen molar-refractivity contribution in [1.82, 2.24) is 4.98 Å². The molecule has 0 aliphatic rings. The van der Waals surface area contributed by atoms with Gasteiger partial charge >= 0.3 is 0 Å². The number of nitrogens with two attached hydrogens (primary N) is 1.